The lowest BCUT2D eigenvalue weighted by Crippen LogP contribution is -2.45. The van der Waals surface area contributed by atoms with E-state index in [1.807, 2.05) is 51.1 Å². The van der Waals surface area contributed by atoms with Crippen LogP contribution in [0.3, 0.4) is 0 Å². The van der Waals surface area contributed by atoms with E-state index in [4.69, 9.17) is 4.74 Å². The molecule has 0 fully saturated rings. The summed E-state index contributed by atoms with van der Waals surface area (Å²) < 4.78 is 5.13. The van der Waals surface area contributed by atoms with E-state index >= 15 is 0 Å². The topological polar surface area (TPSA) is 62.7 Å². The van der Waals surface area contributed by atoms with Crippen molar-refractivity contribution in [1.29, 1.82) is 0 Å². The number of aromatic nitrogens is 1. The second kappa shape index (κ2) is 7.34. The van der Waals surface area contributed by atoms with Crippen LogP contribution in [-0.2, 0) is 11.3 Å². The number of carbonyl (C=O) groups is 1. The van der Waals surface area contributed by atoms with Crippen LogP contribution in [0.5, 0.6) is 5.75 Å². The van der Waals surface area contributed by atoms with Crippen LogP contribution >= 0.6 is 0 Å². The van der Waals surface area contributed by atoms with Crippen LogP contribution in [-0.4, -0.2) is 33.2 Å². The second-order valence-electron chi connectivity index (χ2n) is 6.51. The van der Waals surface area contributed by atoms with Crippen LogP contribution in [0.1, 0.15) is 33.3 Å². The third-order valence-corrected chi connectivity index (χ3v) is 3.67. The van der Waals surface area contributed by atoms with E-state index < -0.39 is 11.6 Å². The molecule has 0 spiro atoms. The van der Waals surface area contributed by atoms with Crippen molar-refractivity contribution in [3.8, 4) is 17.0 Å². The van der Waals surface area contributed by atoms with E-state index in [1.54, 1.807) is 24.1 Å². The minimum Gasteiger partial charge on any atom is -0.508 e. The second-order valence-corrected chi connectivity index (χ2v) is 6.51. The highest BCUT2D eigenvalue weighted by atomic mass is 16.6. The number of phenolic OH excluding ortho intramolecular Hbond substituents is 1. The van der Waals surface area contributed by atoms with Crippen molar-refractivity contribution in [3.63, 3.8) is 0 Å². The van der Waals surface area contributed by atoms with Crippen LogP contribution in [0.2, 0.25) is 0 Å². The fourth-order valence-electron chi connectivity index (χ4n) is 2.34. The summed E-state index contributed by atoms with van der Waals surface area (Å²) in [7, 11) is 0. The van der Waals surface area contributed by atoms with Gasteiger partial charge in [0, 0.05) is 22.9 Å². The molecular formula is C19H24N2O3. The maximum Gasteiger partial charge on any atom is 0.410 e. The summed E-state index contributed by atoms with van der Waals surface area (Å²) in [6.45, 7) is 8.17. The summed E-state index contributed by atoms with van der Waals surface area (Å²) in [5.74, 6) is 0.136. The fraction of sp³-hybridized carbons (Fsp3) is 0.368. The smallest absolute Gasteiger partial charge is 0.410 e. The van der Waals surface area contributed by atoms with Gasteiger partial charge in [-0.3, -0.25) is 9.88 Å². The Kier molecular flexibility index (Phi) is 5.44. The molecular weight excluding hydrogens is 304 g/mol. The Hall–Kier alpha value is -2.56. The highest BCUT2D eigenvalue weighted by Crippen LogP contribution is 2.28. The summed E-state index contributed by atoms with van der Waals surface area (Å²) in [4.78, 5) is 18.1. The Morgan fingerprint density at radius 3 is 2.54 bits per heavy atom. The number of hydrogen-bond donors (Lipinski definition) is 1. The molecule has 5 nitrogen and oxygen atoms in total. The van der Waals surface area contributed by atoms with Crippen molar-refractivity contribution in [2.75, 3.05) is 6.61 Å². The molecule has 0 aliphatic rings. The standard InChI is InChI=1S/C19H24N2O3/c1-5-24-18(23)21(19(2,3)4)13-15-10-9-14(12-17(15)22)16-8-6-7-11-20-16/h6-12,22H,5,13H2,1-4H3. The molecule has 0 unspecified atom stereocenters. The molecule has 5 heteroatoms. The number of carbonyl (C=O) groups excluding carboxylic acids is 1. The number of phenols is 1. The number of hydrogen-bond acceptors (Lipinski definition) is 4. The first kappa shape index (κ1) is 17.8. The number of benzene rings is 1. The van der Waals surface area contributed by atoms with Crippen LogP contribution < -0.4 is 0 Å². The summed E-state index contributed by atoms with van der Waals surface area (Å²) in [5, 5.41) is 10.4. The molecule has 24 heavy (non-hydrogen) atoms. The monoisotopic (exact) mass is 328 g/mol. The van der Waals surface area contributed by atoms with Crippen molar-refractivity contribution in [2.24, 2.45) is 0 Å². The van der Waals surface area contributed by atoms with Gasteiger partial charge in [0.2, 0.25) is 0 Å². The first-order chi connectivity index (χ1) is 11.3. The summed E-state index contributed by atoms with van der Waals surface area (Å²) in [6.07, 6.45) is 1.32. The minimum atomic E-state index is -0.418. The number of ether oxygens (including phenoxy) is 1. The van der Waals surface area contributed by atoms with E-state index in [0.29, 0.717) is 12.2 Å². The van der Waals surface area contributed by atoms with Crippen LogP contribution in [0.15, 0.2) is 42.6 Å². The third-order valence-electron chi connectivity index (χ3n) is 3.67. The highest BCUT2D eigenvalue weighted by Gasteiger charge is 2.28. The molecule has 1 heterocycles. The molecule has 1 N–H and O–H groups in total. The van der Waals surface area contributed by atoms with Gasteiger partial charge in [-0.1, -0.05) is 18.2 Å². The van der Waals surface area contributed by atoms with Gasteiger partial charge < -0.3 is 9.84 Å². The minimum absolute atomic E-state index is 0.136. The molecule has 1 aromatic heterocycles. The highest BCUT2D eigenvalue weighted by molar-refractivity contribution is 5.69. The van der Waals surface area contributed by atoms with Crippen LogP contribution in [0.4, 0.5) is 4.79 Å². The Balaban J connectivity index is 2.27. The van der Waals surface area contributed by atoms with Gasteiger partial charge in [-0.2, -0.15) is 0 Å². The van der Waals surface area contributed by atoms with Crippen LogP contribution in [0.25, 0.3) is 11.3 Å². The molecule has 0 radical (unpaired) electrons. The Labute approximate surface area is 142 Å². The van der Waals surface area contributed by atoms with E-state index in [9.17, 15) is 9.90 Å². The number of nitrogens with zero attached hydrogens (tertiary/aromatic N) is 2. The van der Waals surface area contributed by atoms with Crippen molar-refractivity contribution in [1.82, 2.24) is 9.88 Å². The molecule has 0 saturated heterocycles. The maximum absolute atomic E-state index is 12.2. The molecule has 0 bridgehead atoms. The van der Waals surface area contributed by atoms with Crippen molar-refractivity contribution in [3.05, 3.63) is 48.2 Å². The average molecular weight is 328 g/mol. The van der Waals surface area contributed by atoms with Crippen LogP contribution in [0, 0.1) is 0 Å². The first-order valence-electron chi connectivity index (χ1n) is 8.00. The molecule has 0 aliphatic heterocycles. The molecule has 2 aromatic rings. The molecule has 0 atom stereocenters. The largest absolute Gasteiger partial charge is 0.508 e. The van der Waals surface area contributed by atoms with Gasteiger partial charge >= 0.3 is 6.09 Å². The summed E-state index contributed by atoms with van der Waals surface area (Å²) in [6, 6.07) is 11.0. The number of pyridine rings is 1. The normalized spacial score (nSPS) is 11.2. The van der Waals surface area contributed by atoms with E-state index in [1.165, 1.54) is 0 Å². The fourth-order valence-corrected chi connectivity index (χ4v) is 2.34. The zero-order valence-corrected chi connectivity index (χ0v) is 14.6. The zero-order chi connectivity index (χ0) is 17.7. The first-order valence-corrected chi connectivity index (χ1v) is 8.00. The van der Waals surface area contributed by atoms with Gasteiger partial charge in [0.1, 0.15) is 5.75 Å². The Morgan fingerprint density at radius 1 is 1.25 bits per heavy atom. The van der Waals surface area contributed by atoms with Gasteiger partial charge in [0.05, 0.1) is 18.8 Å². The lowest BCUT2D eigenvalue weighted by atomic mass is 10.0. The molecule has 128 valence electrons. The summed E-state index contributed by atoms with van der Waals surface area (Å²) >= 11 is 0. The molecule has 0 saturated carbocycles. The third kappa shape index (κ3) is 4.25. The van der Waals surface area contributed by atoms with Gasteiger partial charge in [0.25, 0.3) is 0 Å². The van der Waals surface area contributed by atoms with Crippen molar-refractivity contribution < 1.29 is 14.6 Å². The van der Waals surface area contributed by atoms with Gasteiger partial charge in [0.15, 0.2) is 0 Å². The lowest BCUT2D eigenvalue weighted by molar-refractivity contribution is 0.0668. The number of rotatable bonds is 4. The Morgan fingerprint density at radius 2 is 2.00 bits per heavy atom. The maximum atomic E-state index is 12.2. The molecule has 0 aliphatic carbocycles. The lowest BCUT2D eigenvalue weighted by Gasteiger charge is -2.34. The van der Waals surface area contributed by atoms with E-state index in [2.05, 4.69) is 4.98 Å². The number of amides is 1. The number of aromatic hydroxyl groups is 1. The van der Waals surface area contributed by atoms with Gasteiger partial charge in [-0.25, -0.2) is 4.79 Å². The van der Waals surface area contributed by atoms with Crippen molar-refractivity contribution in [2.45, 2.75) is 39.8 Å². The zero-order valence-electron chi connectivity index (χ0n) is 14.6. The van der Waals surface area contributed by atoms with Gasteiger partial charge in [-0.05, 0) is 45.9 Å². The average Bonchev–Trinajstić information content (AvgIpc) is 2.53. The molecule has 1 aromatic carbocycles. The van der Waals surface area contributed by atoms with E-state index in [-0.39, 0.29) is 12.3 Å². The molecule has 2 rings (SSSR count). The quantitative estimate of drug-likeness (QED) is 0.913. The SMILES string of the molecule is CCOC(=O)N(Cc1ccc(-c2ccccn2)cc1O)C(C)(C)C. The van der Waals surface area contributed by atoms with Crippen molar-refractivity contribution >= 4 is 6.09 Å². The van der Waals surface area contributed by atoms with E-state index in [0.717, 1.165) is 11.3 Å². The molecule has 1 amide bonds. The Bertz CT molecular complexity index is 694. The predicted octanol–water partition coefficient (Wildman–Crippen LogP) is 4.21. The summed E-state index contributed by atoms with van der Waals surface area (Å²) in [5.41, 5.74) is 1.86. The van der Waals surface area contributed by atoms with Gasteiger partial charge in [-0.15, -0.1) is 0 Å². The predicted molar refractivity (Wildman–Crippen MR) is 93.7 cm³/mol.